The average molecular weight is 338 g/mol. The van der Waals surface area contributed by atoms with Gasteiger partial charge in [0.05, 0.1) is 5.69 Å². The highest BCUT2D eigenvalue weighted by molar-refractivity contribution is 6.02. The van der Waals surface area contributed by atoms with Gasteiger partial charge in [-0.2, -0.15) is 0 Å². The van der Waals surface area contributed by atoms with Crippen LogP contribution in [-0.2, 0) is 9.59 Å². The standard InChI is InChI=1S/C21H26N2O2/c1-13-7-8-19(15(3)9-13)22-20(25)12-23(18(6)24)21-16(4)10-14(2)11-17(21)5/h7-11H,12H2,1-6H3,(H,22,25). The SMILES string of the molecule is CC(=O)N(CC(=O)Nc1ccc(C)cc1C)c1c(C)cc(C)cc1C. The Balaban J connectivity index is 2.25. The molecule has 0 spiro atoms. The molecule has 0 aromatic heterocycles. The largest absolute Gasteiger partial charge is 0.324 e. The molecule has 0 saturated heterocycles. The van der Waals surface area contributed by atoms with Gasteiger partial charge in [0.25, 0.3) is 0 Å². The van der Waals surface area contributed by atoms with Crippen LogP contribution in [0.5, 0.6) is 0 Å². The second kappa shape index (κ2) is 7.51. The van der Waals surface area contributed by atoms with Gasteiger partial charge in [-0.15, -0.1) is 0 Å². The predicted molar refractivity (Wildman–Crippen MR) is 103 cm³/mol. The third kappa shape index (κ3) is 4.47. The Morgan fingerprint density at radius 2 is 1.44 bits per heavy atom. The van der Waals surface area contributed by atoms with Gasteiger partial charge in [-0.3, -0.25) is 9.59 Å². The van der Waals surface area contributed by atoms with E-state index in [-0.39, 0.29) is 18.4 Å². The van der Waals surface area contributed by atoms with Gasteiger partial charge in [0.2, 0.25) is 11.8 Å². The number of carbonyl (C=O) groups is 2. The fraction of sp³-hybridized carbons (Fsp3) is 0.333. The molecule has 4 nitrogen and oxygen atoms in total. The van der Waals surface area contributed by atoms with Crippen LogP contribution >= 0.6 is 0 Å². The number of rotatable bonds is 4. The number of hydrogen-bond acceptors (Lipinski definition) is 2. The van der Waals surface area contributed by atoms with Crippen LogP contribution in [0, 0.1) is 34.6 Å². The molecular formula is C21H26N2O2. The minimum Gasteiger partial charge on any atom is -0.324 e. The molecule has 0 bridgehead atoms. The van der Waals surface area contributed by atoms with E-state index in [1.54, 1.807) is 4.90 Å². The molecule has 0 saturated carbocycles. The second-order valence-electron chi connectivity index (χ2n) is 6.72. The van der Waals surface area contributed by atoms with Crippen molar-refractivity contribution in [2.24, 2.45) is 0 Å². The first-order valence-electron chi connectivity index (χ1n) is 8.42. The van der Waals surface area contributed by atoms with Crippen LogP contribution in [0.2, 0.25) is 0 Å². The summed E-state index contributed by atoms with van der Waals surface area (Å²) in [6.07, 6.45) is 0. The highest BCUT2D eigenvalue weighted by Crippen LogP contribution is 2.26. The molecule has 2 aromatic carbocycles. The topological polar surface area (TPSA) is 49.4 Å². The fourth-order valence-corrected chi connectivity index (χ4v) is 3.23. The zero-order valence-corrected chi connectivity index (χ0v) is 15.9. The summed E-state index contributed by atoms with van der Waals surface area (Å²) < 4.78 is 0. The lowest BCUT2D eigenvalue weighted by molar-refractivity contribution is -0.120. The quantitative estimate of drug-likeness (QED) is 0.907. The Labute approximate surface area is 149 Å². The Morgan fingerprint density at radius 3 is 1.96 bits per heavy atom. The van der Waals surface area contributed by atoms with Crippen molar-refractivity contribution >= 4 is 23.2 Å². The predicted octanol–water partition coefficient (Wildman–Crippen LogP) is 4.22. The van der Waals surface area contributed by atoms with Crippen molar-refractivity contribution < 1.29 is 9.59 Å². The van der Waals surface area contributed by atoms with Crippen molar-refractivity contribution in [3.05, 3.63) is 58.1 Å². The van der Waals surface area contributed by atoms with E-state index >= 15 is 0 Å². The number of aryl methyl sites for hydroxylation is 5. The summed E-state index contributed by atoms with van der Waals surface area (Å²) in [4.78, 5) is 26.2. The third-order valence-electron chi connectivity index (χ3n) is 4.24. The number of hydrogen-bond donors (Lipinski definition) is 1. The first-order chi connectivity index (χ1) is 11.7. The van der Waals surface area contributed by atoms with E-state index < -0.39 is 0 Å². The maximum absolute atomic E-state index is 12.5. The molecule has 25 heavy (non-hydrogen) atoms. The molecule has 0 heterocycles. The van der Waals surface area contributed by atoms with E-state index in [1.165, 1.54) is 6.92 Å². The molecule has 2 rings (SSSR count). The van der Waals surface area contributed by atoms with E-state index in [0.29, 0.717) is 0 Å². The molecule has 4 heteroatoms. The molecule has 0 atom stereocenters. The van der Waals surface area contributed by atoms with Gasteiger partial charge in [-0.1, -0.05) is 35.4 Å². The van der Waals surface area contributed by atoms with Crippen LogP contribution in [0.25, 0.3) is 0 Å². The molecule has 0 unspecified atom stereocenters. The maximum atomic E-state index is 12.5. The summed E-state index contributed by atoms with van der Waals surface area (Å²) in [6, 6.07) is 9.93. The van der Waals surface area contributed by atoms with E-state index in [0.717, 1.165) is 39.2 Å². The molecule has 0 radical (unpaired) electrons. The highest BCUT2D eigenvalue weighted by Gasteiger charge is 2.20. The third-order valence-corrected chi connectivity index (χ3v) is 4.24. The van der Waals surface area contributed by atoms with Gasteiger partial charge in [-0.05, 0) is 57.4 Å². The molecule has 2 aromatic rings. The molecule has 0 aliphatic heterocycles. The minimum atomic E-state index is -0.207. The lowest BCUT2D eigenvalue weighted by Gasteiger charge is -2.25. The van der Waals surface area contributed by atoms with Crippen LogP contribution in [0.4, 0.5) is 11.4 Å². The Morgan fingerprint density at radius 1 is 0.880 bits per heavy atom. The first kappa shape index (κ1) is 18.7. The lowest BCUT2D eigenvalue weighted by Crippen LogP contribution is -2.37. The number of carbonyl (C=O) groups excluding carboxylic acids is 2. The zero-order chi connectivity index (χ0) is 18.7. The Kier molecular flexibility index (Phi) is 5.62. The summed E-state index contributed by atoms with van der Waals surface area (Å²) in [5.74, 6) is -0.354. The normalized spacial score (nSPS) is 10.5. The lowest BCUT2D eigenvalue weighted by atomic mass is 10.0. The number of anilines is 2. The van der Waals surface area contributed by atoms with Crippen molar-refractivity contribution in [2.75, 3.05) is 16.8 Å². The van der Waals surface area contributed by atoms with E-state index in [1.807, 2.05) is 65.0 Å². The average Bonchev–Trinajstić information content (AvgIpc) is 2.48. The number of nitrogens with one attached hydrogen (secondary N) is 1. The van der Waals surface area contributed by atoms with Gasteiger partial charge < -0.3 is 10.2 Å². The monoisotopic (exact) mass is 338 g/mol. The van der Waals surface area contributed by atoms with E-state index in [9.17, 15) is 9.59 Å². The summed E-state index contributed by atoms with van der Waals surface area (Å²) >= 11 is 0. The van der Waals surface area contributed by atoms with Crippen molar-refractivity contribution in [2.45, 2.75) is 41.5 Å². The molecule has 132 valence electrons. The summed E-state index contributed by atoms with van der Waals surface area (Å²) in [5.41, 5.74) is 6.86. The molecule has 2 amide bonds. The van der Waals surface area contributed by atoms with Crippen molar-refractivity contribution in [3.63, 3.8) is 0 Å². The molecular weight excluding hydrogens is 312 g/mol. The minimum absolute atomic E-state index is 0.00656. The smallest absolute Gasteiger partial charge is 0.244 e. The van der Waals surface area contributed by atoms with Crippen LogP contribution in [0.1, 0.15) is 34.7 Å². The molecule has 1 N–H and O–H groups in total. The summed E-state index contributed by atoms with van der Waals surface area (Å²) in [7, 11) is 0. The van der Waals surface area contributed by atoms with E-state index in [4.69, 9.17) is 0 Å². The Bertz CT molecular complexity index is 802. The maximum Gasteiger partial charge on any atom is 0.244 e. The molecule has 0 fully saturated rings. The molecule has 0 aliphatic rings. The number of nitrogens with zero attached hydrogens (tertiary/aromatic N) is 1. The highest BCUT2D eigenvalue weighted by atomic mass is 16.2. The summed E-state index contributed by atoms with van der Waals surface area (Å²) in [6.45, 7) is 11.4. The van der Waals surface area contributed by atoms with Crippen LogP contribution in [-0.4, -0.2) is 18.4 Å². The van der Waals surface area contributed by atoms with Gasteiger partial charge >= 0.3 is 0 Å². The van der Waals surface area contributed by atoms with Crippen LogP contribution in [0.15, 0.2) is 30.3 Å². The number of benzene rings is 2. The zero-order valence-electron chi connectivity index (χ0n) is 15.9. The first-order valence-corrected chi connectivity index (χ1v) is 8.42. The van der Waals surface area contributed by atoms with Crippen LogP contribution < -0.4 is 10.2 Å². The van der Waals surface area contributed by atoms with Gasteiger partial charge in [-0.25, -0.2) is 0 Å². The van der Waals surface area contributed by atoms with Crippen molar-refractivity contribution in [3.8, 4) is 0 Å². The number of amides is 2. The molecule has 0 aliphatic carbocycles. The van der Waals surface area contributed by atoms with Crippen molar-refractivity contribution in [1.29, 1.82) is 0 Å². The van der Waals surface area contributed by atoms with Crippen LogP contribution in [0.3, 0.4) is 0 Å². The van der Waals surface area contributed by atoms with Gasteiger partial charge in [0.15, 0.2) is 0 Å². The fourth-order valence-electron chi connectivity index (χ4n) is 3.23. The van der Waals surface area contributed by atoms with Gasteiger partial charge in [0, 0.05) is 12.6 Å². The van der Waals surface area contributed by atoms with Crippen molar-refractivity contribution in [1.82, 2.24) is 0 Å². The van der Waals surface area contributed by atoms with Gasteiger partial charge in [0.1, 0.15) is 6.54 Å². The Hall–Kier alpha value is -2.62. The summed E-state index contributed by atoms with van der Waals surface area (Å²) in [5, 5.41) is 2.91. The van der Waals surface area contributed by atoms with E-state index in [2.05, 4.69) is 5.32 Å². The second-order valence-corrected chi connectivity index (χ2v) is 6.72.